The Kier molecular flexibility index (Phi) is 29.1. The molecule has 5 amide bonds. The molecule has 0 saturated carbocycles. The Morgan fingerprint density at radius 2 is 1.45 bits per heavy atom. The average molecular weight is 1230 g/mol. The number of aliphatic carboxylic acids is 1. The second kappa shape index (κ2) is 37.1. The van der Waals surface area contributed by atoms with Gasteiger partial charge in [-0.2, -0.15) is 10.4 Å². The van der Waals surface area contributed by atoms with Crippen molar-refractivity contribution in [2.24, 2.45) is 5.10 Å². The highest BCUT2D eigenvalue weighted by molar-refractivity contribution is 6.07. The van der Waals surface area contributed by atoms with E-state index >= 15 is 0 Å². The highest BCUT2D eigenvalue weighted by Crippen LogP contribution is 2.30. The number of piperazine rings is 1. The summed E-state index contributed by atoms with van der Waals surface area (Å²) in [5, 5.41) is 32.8. The summed E-state index contributed by atoms with van der Waals surface area (Å²) in [6, 6.07) is 16.1. The van der Waals surface area contributed by atoms with Crippen LogP contribution >= 0.6 is 0 Å². The number of hydrogen-bond acceptors (Lipinski definition) is 20. The highest BCUT2D eigenvalue weighted by Gasteiger charge is 2.43. The predicted octanol–water partition coefficient (Wildman–Crippen LogP) is 1.71. The van der Waals surface area contributed by atoms with Crippen LogP contribution in [-0.2, 0) is 49.5 Å². The van der Waals surface area contributed by atoms with E-state index < -0.39 is 42.2 Å². The number of carboxylic acid groups (broad SMARTS) is 1. The van der Waals surface area contributed by atoms with Gasteiger partial charge in [0.1, 0.15) is 37.1 Å². The van der Waals surface area contributed by atoms with Crippen molar-refractivity contribution in [3.8, 4) is 11.8 Å². The molecular weight excluding hydrogens is 1140 g/mol. The second-order valence-corrected chi connectivity index (χ2v) is 22.7. The topological polar surface area (TPSA) is 304 Å². The fourth-order valence-electron chi connectivity index (χ4n) is 10.7. The van der Waals surface area contributed by atoms with Crippen LogP contribution in [0.5, 0.6) is 5.75 Å². The van der Waals surface area contributed by atoms with E-state index in [2.05, 4.69) is 60.6 Å². The van der Waals surface area contributed by atoms with Crippen LogP contribution in [0, 0.1) is 18.3 Å². The van der Waals surface area contributed by atoms with Crippen LogP contribution in [0.3, 0.4) is 0 Å². The van der Waals surface area contributed by atoms with E-state index in [1.54, 1.807) is 35.4 Å². The molecule has 1 aromatic heterocycles. The van der Waals surface area contributed by atoms with Gasteiger partial charge in [0, 0.05) is 129 Å². The molecule has 2 aromatic carbocycles. The fourth-order valence-corrected chi connectivity index (χ4v) is 10.7. The molecule has 27 heteroatoms. The van der Waals surface area contributed by atoms with Gasteiger partial charge in [-0.25, -0.2) is 4.39 Å². The first-order valence-corrected chi connectivity index (χ1v) is 30.3. The first-order valence-electron chi connectivity index (χ1n) is 30.3. The minimum Gasteiger partial charge on any atom is -0.494 e. The number of hydrogen-bond donors (Lipinski definition) is 5. The van der Waals surface area contributed by atoms with Crippen molar-refractivity contribution in [1.82, 2.24) is 60.7 Å². The van der Waals surface area contributed by atoms with E-state index in [4.69, 9.17) is 14.2 Å². The summed E-state index contributed by atoms with van der Waals surface area (Å²) in [7, 11) is 0. The molecule has 3 saturated heterocycles. The summed E-state index contributed by atoms with van der Waals surface area (Å²) < 4.78 is 30.7. The number of pyridine rings is 1. The number of likely N-dealkylation sites (tertiary alicyclic amines) is 1. The maximum Gasteiger partial charge on any atom is 0.317 e. The van der Waals surface area contributed by atoms with Gasteiger partial charge in [0.2, 0.25) is 23.6 Å². The van der Waals surface area contributed by atoms with E-state index in [0.29, 0.717) is 160 Å². The molecule has 0 aliphatic carbocycles. The van der Waals surface area contributed by atoms with Gasteiger partial charge in [-0.15, -0.1) is 0 Å². The summed E-state index contributed by atoms with van der Waals surface area (Å²) in [5.41, 5.74) is 4.61. The predicted molar refractivity (Wildman–Crippen MR) is 324 cm³/mol. The van der Waals surface area contributed by atoms with Crippen LogP contribution in [-0.4, -0.2) is 255 Å². The van der Waals surface area contributed by atoms with Gasteiger partial charge < -0.3 is 45.1 Å². The van der Waals surface area contributed by atoms with Gasteiger partial charge in [0.25, 0.3) is 18.9 Å². The monoisotopic (exact) mass is 1230 g/mol. The lowest BCUT2D eigenvalue weighted by atomic mass is 10.1. The first kappa shape index (κ1) is 69.2. The lowest BCUT2D eigenvalue weighted by Gasteiger charge is -2.34. The summed E-state index contributed by atoms with van der Waals surface area (Å²) >= 11 is 0. The van der Waals surface area contributed by atoms with Crippen molar-refractivity contribution < 1.29 is 62.1 Å². The van der Waals surface area contributed by atoms with E-state index in [9.17, 15) is 53.1 Å². The molecule has 5 N–H and O–H groups in total. The number of fused-ring (bicyclic) bond motifs is 1. The zero-order valence-corrected chi connectivity index (χ0v) is 50.8. The van der Waals surface area contributed by atoms with Crippen molar-refractivity contribution >= 4 is 65.6 Å². The number of nitrogens with one attached hydrogen (secondary N) is 4. The van der Waals surface area contributed by atoms with E-state index in [0.717, 1.165) is 24.3 Å². The molecule has 26 nitrogen and oxygen atoms in total. The smallest absolute Gasteiger partial charge is 0.317 e. The maximum absolute atomic E-state index is 14.6. The van der Waals surface area contributed by atoms with Crippen LogP contribution < -0.4 is 26.1 Å². The minimum absolute atomic E-state index is 0.000898. The molecule has 1 unspecified atom stereocenters. The number of alkyl halides is 1. The van der Waals surface area contributed by atoms with Gasteiger partial charge in [0.15, 0.2) is 0 Å². The number of unbranched alkanes of at least 4 members (excludes halogenated alkanes) is 1. The Morgan fingerprint density at radius 3 is 2.11 bits per heavy atom. The second-order valence-electron chi connectivity index (χ2n) is 22.7. The molecule has 0 bridgehead atoms. The van der Waals surface area contributed by atoms with Crippen LogP contribution in [0.2, 0.25) is 0 Å². The molecule has 6 rings (SSSR count). The number of amides is 5. The number of carboxylic acids is 1. The Bertz CT molecular complexity index is 2820. The van der Waals surface area contributed by atoms with Gasteiger partial charge in [-0.1, -0.05) is 29.8 Å². The Labute approximate surface area is 514 Å². The van der Waals surface area contributed by atoms with Crippen molar-refractivity contribution in [3.05, 3.63) is 71.4 Å². The quantitative estimate of drug-likeness (QED) is 0.0191. The third-order valence-electron chi connectivity index (χ3n) is 15.6. The van der Waals surface area contributed by atoms with Crippen LogP contribution in [0.25, 0.3) is 10.9 Å². The molecule has 480 valence electrons. The van der Waals surface area contributed by atoms with Crippen molar-refractivity contribution in [2.75, 3.05) is 138 Å². The number of nitriles is 1. The van der Waals surface area contributed by atoms with E-state index in [1.807, 2.05) is 32.6 Å². The van der Waals surface area contributed by atoms with Crippen molar-refractivity contribution in [2.45, 2.75) is 95.9 Å². The molecule has 0 spiro atoms. The fraction of sp³-hybridized carbons (Fsp3) is 0.590. The van der Waals surface area contributed by atoms with Crippen LogP contribution in [0.4, 0.5) is 4.39 Å². The summed E-state index contributed by atoms with van der Waals surface area (Å²) in [5.74, 6) is -1.85. The van der Waals surface area contributed by atoms with Gasteiger partial charge in [-0.05, 0) is 88.6 Å². The highest BCUT2D eigenvalue weighted by atomic mass is 19.1. The summed E-state index contributed by atoms with van der Waals surface area (Å²) in [6.45, 7) is 10.4. The number of aryl methyl sites for hydroxylation is 2. The Morgan fingerprint density at radius 1 is 0.795 bits per heavy atom. The van der Waals surface area contributed by atoms with E-state index in [1.165, 1.54) is 24.2 Å². The normalized spacial score (nSPS) is 19.0. The molecule has 3 aliphatic rings. The lowest BCUT2D eigenvalue weighted by molar-refractivity contribution is -0.139. The number of carbonyl (C=O) groups excluding carboxylic acids is 7. The molecule has 0 radical (unpaired) electrons. The van der Waals surface area contributed by atoms with Crippen molar-refractivity contribution in [3.63, 3.8) is 0 Å². The average Bonchev–Trinajstić information content (AvgIpc) is 2.47. The van der Waals surface area contributed by atoms with Crippen LogP contribution in [0.15, 0.2) is 59.8 Å². The maximum atomic E-state index is 14.6. The van der Waals surface area contributed by atoms with Gasteiger partial charge >= 0.3 is 5.97 Å². The largest absolute Gasteiger partial charge is 0.494 e. The molecule has 3 aliphatic heterocycles. The summed E-state index contributed by atoms with van der Waals surface area (Å²) in [4.78, 5) is 117. The number of carbonyl (C=O) groups is 8. The molecule has 4 heterocycles. The molecule has 3 aromatic rings. The number of aromatic nitrogens is 1. The molecule has 3 fully saturated rings. The Balaban J connectivity index is 0.947. The molecule has 3 atom stereocenters. The molecular formula is C61H87FN14O12. The van der Waals surface area contributed by atoms with Crippen LogP contribution in [0.1, 0.15) is 86.2 Å². The number of nitrogens with zero attached hydrogens (tertiary/aromatic N) is 10. The number of benzene rings is 2. The zero-order valence-electron chi connectivity index (χ0n) is 50.8. The van der Waals surface area contributed by atoms with Gasteiger partial charge in [-0.3, -0.25) is 73.3 Å². The van der Waals surface area contributed by atoms with Crippen molar-refractivity contribution in [1.29, 1.82) is 5.26 Å². The number of ether oxygens (including phenoxy) is 3. The third kappa shape index (κ3) is 24.7. The standard InChI is InChI=1S/C61H87FN14O12/c1-47-12-14-48(15-13-47)8-5-10-55(79)65-19-4-3-9-54(68-56(80)40-71-23-24-72(41-59(83)84)26-28-74(44-87-46-78)30-29-73(27-25-71)43-86-45-77)69-67-20-6-11-57(81)75-33-31-70(32-34-75)22-7-35-88-50-16-17-53-52(36-50)51(18-21-64-53)60(85)66-39-58(82)76-42-61(2,62)37-49(76)38-63/h12-18,20-21,36,45-46,49,54,69H,3-11,19,22-35,37,39-44H2,1-2H3,(H,65,79)(H,66,85)(H,68,80)(H,83,84)/b67-20-/t49-,54-,61?/m1/s1. The lowest BCUT2D eigenvalue weighted by Crippen LogP contribution is -2.51. The number of halogens is 1. The Hall–Kier alpha value is -7.90. The molecule has 88 heavy (non-hydrogen) atoms. The summed E-state index contributed by atoms with van der Waals surface area (Å²) in [6.07, 6.45) is 7.44. The van der Waals surface area contributed by atoms with E-state index in [-0.39, 0.29) is 69.2 Å². The minimum atomic E-state index is -1.68. The van der Waals surface area contributed by atoms with Gasteiger partial charge in [0.05, 0.1) is 49.9 Å². The third-order valence-corrected chi connectivity index (χ3v) is 15.6. The zero-order chi connectivity index (χ0) is 63.1. The number of rotatable bonds is 33. The number of hydrazone groups is 1. The first-order chi connectivity index (χ1) is 42.5. The SMILES string of the molecule is Cc1ccc(CCCC(=O)NCCCC[C@@H](N/N=C\CCC(=O)N2CCN(CCCOc3ccc4nccc(C(=O)NCC(=O)N5CC(C)(F)C[C@@H]5C#N)c4c3)CC2)NC(=O)CN2CCN(COC=O)CCN(COC=O)CCN(CC(=O)O)CC2)cc1.